The maximum absolute atomic E-state index is 12.8. The van der Waals surface area contributed by atoms with E-state index in [1.165, 1.54) is 6.07 Å². The smallest absolute Gasteiger partial charge is 0.250 e. The van der Waals surface area contributed by atoms with Crippen molar-refractivity contribution in [3.05, 3.63) is 104 Å². The molecule has 3 N–H and O–H groups in total. The SMILES string of the molecule is NC(=O)C[C@H](c1ccc2ncccc2c1)c1oc(CN2C[C@H]3C[C@@H](C2)c2cccc(=O)n2C3)cc(=O)c1O. The summed E-state index contributed by atoms with van der Waals surface area (Å²) in [5.74, 6) is -0.855. The number of benzene rings is 1. The van der Waals surface area contributed by atoms with E-state index in [1.807, 2.05) is 34.9 Å². The van der Waals surface area contributed by atoms with Crippen molar-refractivity contribution < 1.29 is 14.3 Å². The van der Waals surface area contributed by atoms with E-state index >= 15 is 0 Å². The molecule has 2 aliphatic rings. The van der Waals surface area contributed by atoms with Crippen molar-refractivity contribution >= 4 is 16.8 Å². The molecule has 9 heteroatoms. The summed E-state index contributed by atoms with van der Waals surface area (Å²) in [5, 5.41) is 11.6. The lowest BCUT2D eigenvalue weighted by atomic mass is 9.83. The number of rotatable bonds is 6. The second-order valence-corrected chi connectivity index (χ2v) is 10.4. The van der Waals surface area contributed by atoms with Gasteiger partial charge in [-0.1, -0.05) is 18.2 Å². The molecule has 0 aliphatic carbocycles. The molecule has 1 aromatic carbocycles. The van der Waals surface area contributed by atoms with Gasteiger partial charge in [-0.2, -0.15) is 0 Å². The summed E-state index contributed by atoms with van der Waals surface area (Å²) in [4.78, 5) is 43.8. The van der Waals surface area contributed by atoms with Crippen LogP contribution >= 0.6 is 0 Å². The van der Waals surface area contributed by atoms with Gasteiger partial charge < -0.3 is 19.8 Å². The van der Waals surface area contributed by atoms with E-state index < -0.39 is 23.0 Å². The van der Waals surface area contributed by atoms with E-state index in [0.29, 0.717) is 30.3 Å². The number of hydrogen-bond donors (Lipinski definition) is 2. The fourth-order valence-electron chi connectivity index (χ4n) is 6.09. The molecule has 0 saturated carbocycles. The number of nitrogens with zero attached hydrogens (tertiary/aromatic N) is 3. The highest BCUT2D eigenvalue weighted by Crippen LogP contribution is 2.37. The number of hydrogen-bond acceptors (Lipinski definition) is 7. The molecule has 5 heterocycles. The fraction of sp³-hybridized carbons (Fsp3) is 0.310. The summed E-state index contributed by atoms with van der Waals surface area (Å²) in [5.41, 5.74) is 7.56. The number of nitrogens with two attached hydrogens (primary N) is 1. The molecular formula is C29H28N4O5. The summed E-state index contributed by atoms with van der Waals surface area (Å²) in [6.07, 6.45) is 2.58. The van der Waals surface area contributed by atoms with Gasteiger partial charge >= 0.3 is 0 Å². The maximum atomic E-state index is 12.8. The largest absolute Gasteiger partial charge is 0.502 e. The van der Waals surface area contributed by atoms with Crippen molar-refractivity contribution in [2.75, 3.05) is 13.1 Å². The third kappa shape index (κ3) is 4.50. The van der Waals surface area contributed by atoms with Crippen LogP contribution in [-0.4, -0.2) is 38.6 Å². The molecule has 0 spiro atoms. The standard InChI is InChI=1S/C29H28N4O5/c30-26(35)12-22(18-6-7-23-19(10-18)3-2-8-31-23)29-28(37)25(34)11-21(38-29)16-32-13-17-9-20(15-32)24-4-1-5-27(36)33(24)14-17/h1-8,10-11,17,20,22,37H,9,12-16H2,(H2,30,35)/t17-,20+,22-/m1/s1. The molecule has 1 saturated heterocycles. The van der Waals surface area contributed by atoms with Crippen molar-refractivity contribution in [1.29, 1.82) is 0 Å². The highest BCUT2D eigenvalue weighted by Gasteiger charge is 2.35. The Kier molecular flexibility index (Phi) is 6.07. The lowest BCUT2D eigenvalue weighted by Crippen LogP contribution is -2.46. The molecule has 4 aromatic rings. The van der Waals surface area contributed by atoms with E-state index in [4.69, 9.17) is 10.2 Å². The van der Waals surface area contributed by atoms with Crippen molar-refractivity contribution in [2.24, 2.45) is 11.7 Å². The van der Waals surface area contributed by atoms with Crippen LogP contribution in [-0.2, 0) is 17.9 Å². The molecular weight excluding hydrogens is 484 g/mol. The van der Waals surface area contributed by atoms with Crippen LogP contribution < -0.4 is 16.7 Å². The zero-order chi connectivity index (χ0) is 26.4. The lowest BCUT2D eigenvalue weighted by molar-refractivity contribution is -0.118. The van der Waals surface area contributed by atoms with E-state index in [0.717, 1.165) is 36.1 Å². The Hall–Kier alpha value is -4.24. The molecule has 6 rings (SSSR count). The van der Waals surface area contributed by atoms with Gasteiger partial charge in [0.2, 0.25) is 17.1 Å². The molecule has 2 bridgehead atoms. The minimum absolute atomic E-state index is 0.0311. The normalized spacial score (nSPS) is 19.7. The molecule has 38 heavy (non-hydrogen) atoms. The van der Waals surface area contributed by atoms with Gasteiger partial charge in [-0.05, 0) is 42.2 Å². The molecule has 2 aliphatic heterocycles. The first-order valence-electron chi connectivity index (χ1n) is 12.8. The number of pyridine rings is 2. The Labute approximate surface area is 218 Å². The number of primary amides is 1. The molecule has 194 valence electrons. The summed E-state index contributed by atoms with van der Waals surface area (Å²) in [6.45, 7) is 2.53. The Morgan fingerprint density at radius 2 is 1.97 bits per heavy atom. The van der Waals surface area contributed by atoms with Crippen LogP contribution in [0.25, 0.3) is 10.9 Å². The van der Waals surface area contributed by atoms with Crippen molar-refractivity contribution in [3.8, 4) is 5.75 Å². The average Bonchev–Trinajstić information content (AvgIpc) is 2.89. The van der Waals surface area contributed by atoms with Gasteiger partial charge in [0, 0.05) is 61.4 Å². The fourth-order valence-corrected chi connectivity index (χ4v) is 6.09. The summed E-state index contributed by atoms with van der Waals surface area (Å²) < 4.78 is 8.04. The third-order valence-corrected chi connectivity index (χ3v) is 7.69. The third-order valence-electron chi connectivity index (χ3n) is 7.69. The topological polar surface area (TPSA) is 132 Å². The number of aromatic nitrogens is 2. The summed E-state index contributed by atoms with van der Waals surface area (Å²) in [6, 6.07) is 15.9. The summed E-state index contributed by atoms with van der Waals surface area (Å²) >= 11 is 0. The van der Waals surface area contributed by atoms with Gasteiger partial charge in [-0.3, -0.25) is 24.3 Å². The van der Waals surface area contributed by atoms with Crippen LogP contribution in [0.15, 0.2) is 74.8 Å². The van der Waals surface area contributed by atoms with Crippen LogP contribution in [0.1, 0.15) is 47.5 Å². The van der Waals surface area contributed by atoms with Crippen LogP contribution in [0.3, 0.4) is 0 Å². The van der Waals surface area contributed by atoms with Gasteiger partial charge in [0.15, 0.2) is 5.76 Å². The maximum Gasteiger partial charge on any atom is 0.250 e. The highest BCUT2D eigenvalue weighted by molar-refractivity contribution is 5.80. The zero-order valence-electron chi connectivity index (χ0n) is 20.7. The Morgan fingerprint density at radius 1 is 1.11 bits per heavy atom. The zero-order valence-corrected chi connectivity index (χ0v) is 20.7. The molecule has 1 fully saturated rings. The van der Waals surface area contributed by atoms with Gasteiger partial charge in [0.1, 0.15) is 5.76 Å². The number of aromatic hydroxyl groups is 1. The molecule has 9 nitrogen and oxygen atoms in total. The van der Waals surface area contributed by atoms with Crippen LogP contribution in [0, 0.1) is 5.92 Å². The first-order valence-corrected chi connectivity index (χ1v) is 12.8. The number of carbonyl (C=O) groups is 1. The minimum Gasteiger partial charge on any atom is -0.502 e. The summed E-state index contributed by atoms with van der Waals surface area (Å²) in [7, 11) is 0. The van der Waals surface area contributed by atoms with Crippen molar-refractivity contribution in [2.45, 2.75) is 37.8 Å². The second-order valence-electron chi connectivity index (χ2n) is 10.4. The van der Waals surface area contributed by atoms with Crippen LogP contribution in [0.4, 0.5) is 0 Å². The minimum atomic E-state index is -0.732. The Bertz CT molecular complexity index is 1660. The van der Waals surface area contributed by atoms with Gasteiger partial charge in [-0.25, -0.2) is 0 Å². The Morgan fingerprint density at radius 3 is 2.82 bits per heavy atom. The van der Waals surface area contributed by atoms with E-state index in [2.05, 4.69) is 9.88 Å². The predicted octanol–water partition coefficient (Wildman–Crippen LogP) is 2.68. The molecule has 0 radical (unpaired) electrons. The van der Waals surface area contributed by atoms with E-state index in [-0.39, 0.29) is 23.7 Å². The highest BCUT2D eigenvalue weighted by atomic mass is 16.4. The van der Waals surface area contributed by atoms with Crippen molar-refractivity contribution in [1.82, 2.24) is 14.5 Å². The number of amides is 1. The number of fused-ring (bicyclic) bond motifs is 5. The van der Waals surface area contributed by atoms with Gasteiger partial charge in [0.25, 0.3) is 5.56 Å². The quantitative estimate of drug-likeness (QED) is 0.406. The molecule has 1 amide bonds. The number of piperidine rings is 1. The van der Waals surface area contributed by atoms with Crippen LogP contribution in [0.2, 0.25) is 0 Å². The van der Waals surface area contributed by atoms with Crippen LogP contribution in [0.5, 0.6) is 5.75 Å². The van der Waals surface area contributed by atoms with E-state index in [9.17, 15) is 19.5 Å². The van der Waals surface area contributed by atoms with Gasteiger partial charge in [-0.15, -0.1) is 0 Å². The average molecular weight is 513 g/mol. The molecule has 3 atom stereocenters. The lowest BCUT2D eigenvalue weighted by Gasteiger charge is -2.42. The predicted molar refractivity (Wildman–Crippen MR) is 141 cm³/mol. The first kappa shape index (κ1) is 24.1. The second kappa shape index (κ2) is 9.57. The molecule has 0 unspecified atom stereocenters. The first-order chi connectivity index (χ1) is 18.4. The number of carbonyl (C=O) groups excluding carboxylic acids is 1. The monoisotopic (exact) mass is 512 g/mol. The Balaban J connectivity index is 1.32. The number of likely N-dealkylation sites (tertiary alicyclic amines) is 1. The van der Waals surface area contributed by atoms with Crippen molar-refractivity contribution in [3.63, 3.8) is 0 Å². The molecule has 3 aromatic heterocycles. The van der Waals surface area contributed by atoms with Gasteiger partial charge in [0.05, 0.1) is 18.0 Å². The van der Waals surface area contributed by atoms with E-state index in [1.54, 1.807) is 24.4 Å².